The lowest BCUT2D eigenvalue weighted by atomic mass is 9.76. The van der Waals surface area contributed by atoms with Crippen molar-refractivity contribution in [2.45, 2.75) is 33.1 Å². The molecule has 1 aromatic rings. The third-order valence-electron chi connectivity index (χ3n) is 4.44. The van der Waals surface area contributed by atoms with Crippen LogP contribution in [0.4, 0.5) is 5.69 Å². The molecule has 1 fully saturated rings. The van der Waals surface area contributed by atoms with Gasteiger partial charge in [-0.2, -0.15) is 0 Å². The van der Waals surface area contributed by atoms with Crippen LogP contribution in [0.5, 0.6) is 0 Å². The highest BCUT2D eigenvalue weighted by molar-refractivity contribution is 5.46. The number of hydrogen-bond acceptors (Lipinski definition) is 2. The van der Waals surface area contributed by atoms with Crippen molar-refractivity contribution in [1.82, 2.24) is 5.32 Å². The zero-order chi connectivity index (χ0) is 12.8. The van der Waals surface area contributed by atoms with Gasteiger partial charge in [-0.3, -0.25) is 0 Å². The first-order chi connectivity index (χ1) is 8.79. The van der Waals surface area contributed by atoms with Gasteiger partial charge in [-0.15, -0.1) is 0 Å². The molecule has 1 aromatic carbocycles. The van der Waals surface area contributed by atoms with Gasteiger partial charge in [0.15, 0.2) is 0 Å². The van der Waals surface area contributed by atoms with Crippen LogP contribution in [0.2, 0.25) is 0 Å². The minimum absolute atomic E-state index is 0.511. The Morgan fingerprint density at radius 2 is 1.78 bits per heavy atom. The number of piperidine rings is 1. The molecule has 0 unspecified atom stereocenters. The summed E-state index contributed by atoms with van der Waals surface area (Å²) in [6, 6.07) is 10.8. The highest BCUT2D eigenvalue weighted by Crippen LogP contribution is 2.34. The van der Waals surface area contributed by atoms with E-state index < -0.39 is 0 Å². The van der Waals surface area contributed by atoms with Crippen LogP contribution in [0.1, 0.15) is 33.1 Å². The predicted octanol–water partition coefficient (Wildman–Crippen LogP) is 3.29. The summed E-state index contributed by atoms with van der Waals surface area (Å²) >= 11 is 0. The summed E-state index contributed by atoms with van der Waals surface area (Å²) in [6.45, 7) is 9.27. The van der Waals surface area contributed by atoms with E-state index in [4.69, 9.17) is 0 Å². The predicted molar refractivity (Wildman–Crippen MR) is 79.2 cm³/mol. The largest absolute Gasteiger partial charge is 0.371 e. The monoisotopic (exact) mass is 246 g/mol. The highest BCUT2D eigenvalue weighted by Gasteiger charge is 2.31. The summed E-state index contributed by atoms with van der Waals surface area (Å²) in [5.74, 6) is 0. The molecule has 1 aliphatic rings. The average molecular weight is 246 g/mol. The molecular weight excluding hydrogens is 220 g/mol. The standard InChI is InChI=1S/C16H26N2/c1-3-16(10-12-17-13-11-16)14-18(4-2)15-8-6-5-7-9-15/h5-9,17H,3-4,10-14H2,1-2H3. The third kappa shape index (κ3) is 3.05. The lowest BCUT2D eigenvalue weighted by molar-refractivity contribution is 0.198. The summed E-state index contributed by atoms with van der Waals surface area (Å²) in [5, 5.41) is 3.49. The Morgan fingerprint density at radius 1 is 1.11 bits per heavy atom. The molecule has 100 valence electrons. The molecule has 1 aliphatic heterocycles. The SMILES string of the molecule is CCN(CC1(CC)CCNCC1)c1ccccc1. The van der Waals surface area contributed by atoms with Gasteiger partial charge in [-0.1, -0.05) is 25.1 Å². The van der Waals surface area contributed by atoms with Gasteiger partial charge in [0.1, 0.15) is 0 Å². The van der Waals surface area contributed by atoms with Crippen LogP contribution in [0, 0.1) is 5.41 Å². The van der Waals surface area contributed by atoms with E-state index in [1.165, 1.54) is 44.6 Å². The average Bonchev–Trinajstić information content (AvgIpc) is 2.47. The summed E-state index contributed by atoms with van der Waals surface area (Å²) in [4.78, 5) is 2.54. The molecule has 0 atom stereocenters. The molecule has 0 amide bonds. The lowest BCUT2D eigenvalue weighted by Gasteiger charge is -2.41. The van der Waals surface area contributed by atoms with E-state index in [2.05, 4.69) is 54.4 Å². The Labute approximate surface area is 111 Å². The van der Waals surface area contributed by atoms with Gasteiger partial charge in [0, 0.05) is 18.8 Å². The van der Waals surface area contributed by atoms with Crippen LogP contribution < -0.4 is 10.2 Å². The maximum absolute atomic E-state index is 3.49. The number of benzene rings is 1. The minimum atomic E-state index is 0.511. The Kier molecular flexibility index (Phi) is 4.65. The van der Waals surface area contributed by atoms with Crippen LogP contribution in [-0.4, -0.2) is 26.2 Å². The second-order valence-electron chi connectivity index (χ2n) is 5.45. The second-order valence-corrected chi connectivity index (χ2v) is 5.45. The smallest absolute Gasteiger partial charge is 0.0366 e. The molecule has 0 bridgehead atoms. The zero-order valence-electron chi connectivity index (χ0n) is 11.8. The molecule has 1 N–H and O–H groups in total. The lowest BCUT2D eigenvalue weighted by Crippen LogP contribution is -2.44. The van der Waals surface area contributed by atoms with Crippen LogP contribution in [0.25, 0.3) is 0 Å². The molecule has 0 aromatic heterocycles. The van der Waals surface area contributed by atoms with E-state index >= 15 is 0 Å². The van der Waals surface area contributed by atoms with Crippen molar-refractivity contribution in [3.8, 4) is 0 Å². The fourth-order valence-electron chi connectivity index (χ4n) is 3.01. The molecule has 2 nitrogen and oxygen atoms in total. The molecule has 18 heavy (non-hydrogen) atoms. The van der Waals surface area contributed by atoms with E-state index in [0.29, 0.717) is 5.41 Å². The van der Waals surface area contributed by atoms with E-state index in [9.17, 15) is 0 Å². The normalized spacial score (nSPS) is 18.6. The van der Waals surface area contributed by atoms with Crippen molar-refractivity contribution in [2.75, 3.05) is 31.1 Å². The Bertz CT molecular complexity index is 341. The number of nitrogens with zero attached hydrogens (tertiary/aromatic N) is 1. The molecule has 0 radical (unpaired) electrons. The molecule has 2 heteroatoms. The Morgan fingerprint density at radius 3 is 2.33 bits per heavy atom. The van der Waals surface area contributed by atoms with Crippen LogP contribution in [-0.2, 0) is 0 Å². The topological polar surface area (TPSA) is 15.3 Å². The molecule has 1 saturated heterocycles. The molecule has 0 saturated carbocycles. The van der Waals surface area contributed by atoms with Gasteiger partial charge in [0.2, 0.25) is 0 Å². The van der Waals surface area contributed by atoms with E-state index in [-0.39, 0.29) is 0 Å². The van der Waals surface area contributed by atoms with E-state index in [0.717, 1.165) is 6.54 Å². The number of nitrogens with one attached hydrogen (secondary N) is 1. The van der Waals surface area contributed by atoms with Crippen molar-refractivity contribution in [3.05, 3.63) is 30.3 Å². The van der Waals surface area contributed by atoms with Crippen LogP contribution >= 0.6 is 0 Å². The van der Waals surface area contributed by atoms with Crippen LogP contribution in [0.15, 0.2) is 30.3 Å². The first kappa shape index (κ1) is 13.4. The van der Waals surface area contributed by atoms with Crippen molar-refractivity contribution >= 4 is 5.69 Å². The quantitative estimate of drug-likeness (QED) is 0.857. The maximum atomic E-state index is 3.49. The van der Waals surface area contributed by atoms with Gasteiger partial charge in [-0.25, -0.2) is 0 Å². The summed E-state index contributed by atoms with van der Waals surface area (Å²) in [7, 11) is 0. The van der Waals surface area contributed by atoms with E-state index in [1.807, 2.05) is 0 Å². The maximum Gasteiger partial charge on any atom is 0.0366 e. The van der Waals surface area contributed by atoms with Crippen molar-refractivity contribution in [3.63, 3.8) is 0 Å². The highest BCUT2D eigenvalue weighted by atomic mass is 15.1. The first-order valence-corrected chi connectivity index (χ1v) is 7.30. The summed E-state index contributed by atoms with van der Waals surface area (Å²) < 4.78 is 0. The van der Waals surface area contributed by atoms with Crippen molar-refractivity contribution in [1.29, 1.82) is 0 Å². The van der Waals surface area contributed by atoms with Gasteiger partial charge in [-0.05, 0) is 56.8 Å². The number of anilines is 1. The molecule has 2 rings (SSSR count). The Balaban J connectivity index is 2.09. The molecule has 1 heterocycles. The van der Waals surface area contributed by atoms with Crippen molar-refractivity contribution in [2.24, 2.45) is 5.41 Å². The Hall–Kier alpha value is -1.02. The van der Waals surface area contributed by atoms with Gasteiger partial charge in [0.05, 0.1) is 0 Å². The van der Waals surface area contributed by atoms with Crippen molar-refractivity contribution < 1.29 is 0 Å². The van der Waals surface area contributed by atoms with Crippen LogP contribution in [0.3, 0.4) is 0 Å². The number of rotatable bonds is 5. The van der Waals surface area contributed by atoms with Gasteiger partial charge < -0.3 is 10.2 Å². The fraction of sp³-hybridized carbons (Fsp3) is 0.625. The summed E-state index contributed by atoms with van der Waals surface area (Å²) in [6.07, 6.45) is 3.91. The fourth-order valence-corrected chi connectivity index (χ4v) is 3.01. The molecule has 0 aliphatic carbocycles. The molecular formula is C16H26N2. The molecule has 0 spiro atoms. The third-order valence-corrected chi connectivity index (χ3v) is 4.44. The number of para-hydroxylation sites is 1. The van der Waals surface area contributed by atoms with Gasteiger partial charge >= 0.3 is 0 Å². The number of hydrogen-bond donors (Lipinski definition) is 1. The zero-order valence-corrected chi connectivity index (χ0v) is 11.8. The minimum Gasteiger partial charge on any atom is -0.371 e. The second kappa shape index (κ2) is 6.24. The summed E-state index contributed by atoms with van der Waals surface area (Å²) in [5.41, 5.74) is 1.88. The first-order valence-electron chi connectivity index (χ1n) is 7.30. The van der Waals surface area contributed by atoms with E-state index in [1.54, 1.807) is 0 Å². The van der Waals surface area contributed by atoms with Gasteiger partial charge in [0.25, 0.3) is 0 Å².